The summed E-state index contributed by atoms with van der Waals surface area (Å²) in [4.78, 5) is 11.2. The van der Waals surface area contributed by atoms with Crippen molar-refractivity contribution in [3.63, 3.8) is 0 Å². The zero-order valence-electron chi connectivity index (χ0n) is 11.2. The molecule has 0 spiro atoms. The van der Waals surface area contributed by atoms with E-state index in [1.807, 2.05) is 6.92 Å². The van der Waals surface area contributed by atoms with Crippen LogP contribution in [0.4, 0.5) is 0 Å². The summed E-state index contributed by atoms with van der Waals surface area (Å²) in [5.74, 6) is 0.919. The highest BCUT2D eigenvalue weighted by molar-refractivity contribution is 7.99. The lowest BCUT2D eigenvalue weighted by Gasteiger charge is -2.13. The minimum atomic E-state index is -0.171. The third-order valence-electron chi connectivity index (χ3n) is 2.78. The lowest BCUT2D eigenvalue weighted by Crippen LogP contribution is -2.15. The van der Waals surface area contributed by atoms with Gasteiger partial charge in [-0.3, -0.25) is 4.79 Å². The van der Waals surface area contributed by atoms with E-state index in [0.29, 0.717) is 12.4 Å². The van der Waals surface area contributed by atoms with Gasteiger partial charge in [0.2, 0.25) is 0 Å². The van der Waals surface area contributed by atoms with Crippen LogP contribution in [0.2, 0.25) is 0 Å². The van der Waals surface area contributed by atoms with Gasteiger partial charge >= 0.3 is 5.97 Å². The first-order valence-corrected chi connectivity index (χ1v) is 7.26. The van der Waals surface area contributed by atoms with E-state index in [4.69, 9.17) is 10.5 Å². The summed E-state index contributed by atoms with van der Waals surface area (Å²) in [5.41, 5.74) is 9.74. The Hall–Kier alpha value is -1.00. The van der Waals surface area contributed by atoms with Crippen LogP contribution < -0.4 is 5.73 Å². The SMILES string of the molecule is CCOC(=O)CSCC(N)c1ccc(C)c(C)c1. The second kappa shape index (κ2) is 7.44. The molecule has 1 aromatic rings. The van der Waals surface area contributed by atoms with Gasteiger partial charge in [-0.2, -0.15) is 0 Å². The molecule has 0 heterocycles. The Morgan fingerprint density at radius 3 is 2.72 bits per heavy atom. The van der Waals surface area contributed by atoms with E-state index in [1.165, 1.54) is 22.9 Å². The third-order valence-corrected chi connectivity index (χ3v) is 3.82. The molecule has 100 valence electrons. The summed E-state index contributed by atoms with van der Waals surface area (Å²) < 4.78 is 4.86. The van der Waals surface area contributed by atoms with Gasteiger partial charge in [0.05, 0.1) is 12.4 Å². The van der Waals surface area contributed by atoms with Gasteiger partial charge in [-0.15, -0.1) is 11.8 Å². The van der Waals surface area contributed by atoms with Crippen LogP contribution in [0.1, 0.15) is 29.7 Å². The van der Waals surface area contributed by atoms with E-state index >= 15 is 0 Å². The first kappa shape index (κ1) is 15.1. The molecule has 1 rings (SSSR count). The molecule has 18 heavy (non-hydrogen) atoms. The predicted octanol–water partition coefficient (Wildman–Crippen LogP) is 2.60. The van der Waals surface area contributed by atoms with Gasteiger partial charge < -0.3 is 10.5 Å². The molecule has 2 N–H and O–H groups in total. The van der Waals surface area contributed by atoms with E-state index in [1.54, 1.807) is 0 Å². The Kier molecular flexibility index (Phi) is 6.22. The molecule has 0 saturated carbocycles. The van der Waals surface area contributed by atoms with Gasteiger partial charge in [-0.1, -0.05) is 18.2 Å². The average Bonchev–Trinajstić information content (AvgIpc) is 2.33. The van der Waals surface area contributed by atoms with Crippen molar-refractivity contribution in [1.82, 2.24) is 0 Å². The fraction of sp³-hybridized carbons (Fsp3) is 0.500. The van der Waals surface area contributed by atoms with Crippen molar-refractivity contribution in [2.24, 2.45) is 5.73 Å². The molecule has 3 nitrogen and oxygen atoms in total. The lowest BCUT2D eigenvalue weighted by molar-refractivity contribution is -0.139. The summed E-state index contributed by atoms with van der Waals surface area (Å²) in [6, 6.07) is 6.22. The second-order valence-electron chi connectivity index (χ2n) is 4.27. The molecule has 0 saturated heterocycles. The molecule has 0 radical (unpaired) electrons. The molecular weight excluding hydrogens is 246 g/mol. The highest BCUT2D eigenvalue weighted by Crippen LogP contribution is 2.19. The normalized spacial score (nSPS) is 12.2. The van der Waals surface area contributed by atoms with E-state index in [-0.39, 0.29) is 12.0 Å². The maximum absolute atomic E-state index is 11.2. The van der Waals surface area contributed by atoms with Gasteiger partial charge in [0.1, 0.15) is 0 Å². The fourth-order valence-corrected chi connectivity index (χ4v) is 2.38. The largest absolute Gasteiger partial charge is 0.465 e. The Morgan fingerprint density at radius 2 is 2.11 bits per heavy atom. The van der Waals surface area contributed by atoms with Crippen LogP contribution in [0.5, 0.6) is 0 Å². The van der Waals surface area contributed by atoms with Crippen LogP contribution in [-0.4, -0.2) is 24.1 Å². The predicted molar refractivity (Wildman–Crippen MR) is 76.8 cm³/mol. The minimum absolute atomic E-state index is 0.0382. The number of carbonyl (C=O) groups is 1. The highest BCUT2D eigenvalue weighted by Gasteiger charge is 2.09. The number of thioether (sulfide) groups is 1. The fourth-order valence-electron chi connectivity index (χ4n) is 1.56. The molecule has 0 fully saturated rings. The molecule has 0 aliphatic heterocycles. The number of esters is 1. The molecule has 0 amide bonds. The van der Waals surface area contributed by atoms with Crippen LogP contribution in [0, 0.1) is 13.8 Å². The van der Waals surface area contributed by atoms with Crippen molar-refractivity contribution in [2.45, 2.75) is 26.8 Å². The Balaban J connectivity index is 2.43. The first-order valence-electron chi connectivity index (χ1n) is 6.10. The van der Waals surface area contributed by atoms with E-state index in [0.717, 1.165) is 11.3 Å². The maximum Gasteiger partial charge on any atom is 0.315 e. The number of hydrogen-bond donors (Lipinski definition) is 1. The molecule has 0 bridgehead atoms. The maximum atomic E-state index is 11.2. The van der Waals surface area contributed by atoms with Crippen LogP contribution in [0.15, 0.2) is 18.2 Å². The zero-order valence-corrected chi connectivity index (χ0v) is 12.0. The first-order chi connectivity index (χ1) is 8.54. The number of rotatable bonds is 6. The number of aryl methyl sites for hydroxylation is 2. The zero-order chi connectivity index (χ0) is 13.5. The molecular formula is C14H21NO2S. The number of benzene rings is 1. The van der Waals surface area contributed by atoms with Gasteiger partial charge in [-0.25, -0.2) is 0 Å². The van der Waals surface area contributed by atoms with E-state index in [2.05, 4.69) is 32.0 Å². The molecule has 4 heteroatoms. The molecule has 0 aliphatic rings. The van der Waals surface area contributed by atoms with E-state index in [9.17, 15) is 4.79 Å². The average molecular weight is 267 g/mol. The number of ether oxygens (including phenoxy) is 1. The van der Waals surface area contributed by atoms with Crippen molar-refractivity contribution in [3.8, 4) is 0 Å². The quantitative estimate of drug-likeness (QED) is 0.805. The van der Waals surface area contributed by atoms with Gasteiger partial charge in [-0.05, 0) is 37.5 Å². The highest BCUT2D eigenvalue weighted by atomic mass is 32.2. The standard InChI is InChI=1S/C14H21NO2S/c1-4-17-14(16)9-18-8-13(15)12-6-5-10(2)11(3)7-12/h5-7,13H,4,8-9,15H2,1-3H3. The van der Waals surface area contributed by atoms with Crippen molar-refractivity contribution < 1.29 is 9.53 Å². The molecule has 0 aliphatic carbocycles. The smallest absolute Gasteiger partial charge is 0.315 e. The molecule has 1 atom stereocenters. The van der Waals surface area contributed by atoms with Crippen LogP contribution in [0.3, 0.4) is 0 Å². The Bertz CT molecular complexity index is 407. The summed E-state index contributed by atoms with van der Waals surface area (Å²) in [6.07, 6.45) is 0. The summed E-state index contributed by atoms with van der Waals surface area (Å²) in [6.45, 7) is 6.41. The third kappa shape index (κ3) is 4.70. The number of nitrogens with two attached hydrogens (primary N) is 1. The summed E-state index contributed by atoms with van der Waals surface area (Å²) in [7, 11) is 0. The van der Waals surface area contributed by atoms with Gasteiger partial charge in [0.15, 0.2) is 0 Å². The van der Waals surface area contributed by atoms with Crippen molar-refractivity contribution in [1.29, 1.82) is 0 Å². The van der Waals surface area contributed by atoms with Gasteiger partial charge in [0.25, 0.3) is 0 Å². The monoisotopic (exact) mass is 267 g/mol. The van der Waals surface area contributed by atoms with Crippen LogP contribution >= 0.6 is 11.8 Å². The minimum Gasteiger partial charge on any atom is -0.465 e. The molecule has 1 unspecified atom stereocenters. The van der Waals surface area contributed by atoms with Crippen molar-refractivity contribution in [2.75, 3.05) is 18.1 Å². The Morgan fingerprint density at radius 1 is 1.39 bits per heavy atom. The lowest BCUT2D eigenvalue weighted by atomic mass is 10.0. The van der Waals surface area contributed by atoms with Crippen LogP contribution in [-0.2, 0) is 9.53 Å². The number of hydrogen-bond acceptors (Lipinski definition) is 4. The summed E-state index contributed by atoms with van der Waals surface area (Å²) in [5, 5.41) is 0. The van der Waals surface area contributed by atoms with Crippen LogP contribution in [0.25, 0.3) is 0 Å². The topological polar surface area (TPSA) is 52.3 Å². The summed E-state index contributed by atoms with van der Waals surface area (Å²) >= 11 is 1.51. The molecule has 0 aromatic heterocycles. The number of carbonyl (C=O) groups excluding carboxylic acids is 1. The van der Waals surface area contributed by atoms with E-state index < -0.39 is 0 Å². The molecule has 1 aromatic carbocycles. The van der Waals surface area contributed by atoms with Crippen molar-refractivity contribution >= 4 is 17.7 Å². The van der Waals surface area contributed by atoms with Gasteiger partial charge in [0, 0.05) is 11.8 Å². The van der Waals surface area contributed by atoms with Crippen molar-refractivity contribution in [3.05, 3.63) is 34.9 Å². The second-order valence-corrected chi connectivity index (χ2v) is 5.30. The Labute approximate surface area is 113 Å².